The Morgan fingerprint density at radius 1 is 1.02 bits per heavy atom. The van der Waals surface area contributed by atoms with Crippen molar-refractivity contribution in [1.82, 2.24) is 24.0 Å². The molecule has 1 aliphatic heterocycles. The molecule has 2 aliphatic carbocycles. The van der Waals surface area contributed by atoms with Crippen molar-refractivity contribution >= 4 is 33.9 Å². The normalized spacial score (nSPS) is 20.7. The molecule has 4 heterocycles. The number of imidazole rings is 1. The lowest BCUT2D eigenvalue weighted by atomic mass is 10.0. The molecule has 1 saturated heterocycles. The van der Waals surface area contributed by atoms with Crippen LogP contribution in [0.5, 0.6) is 5.75 Å². The molecule has 2 unspecified atom stereocenters. The first-order valence-corrected chi connectivity index (χ1v) is 16.3. The third-order valence-electron chi connectivity index (χ3n) is 10.7. The highest BCUT2D eigenvalue weighted by Gasteiger charge is 2.46. The molecule has 3 atom stereocenters. The van der Waals surface area contributed by atoms with E-state index >= 15 is 0 Å². The van der Waals surface area contributed by atoms with Gasteiger partial charge in [-0.1, -0.05) is 13.0 Å². The zero-order valence-electron chi connectivity index (χ0n) is 26.8. The molecule has 3 aromatic heterocycles. The molecule has 12 heteroatoms. The zero-order chi connectivity index (χ0) is 33.6. The number of nitrogens with zero attached hydrogens (tertiary/aromatic N) is 5. The van der Waals surface area contributed by atoms with Crippen LogP contribution < -0.4 is 10.5 Å². The van der Waals surface area contributed by atoms with Crippen LogP contribution in [0.2, 0.25) is 0 Å². The highest BCUT2D eigenvalue weighted by atomic mass is 19.4. The number of likely N-dealkylation sites (tertiary alicyclic amines) is 1. The summed E-state index contributed by atoms with van der Waals surface area (Å²) in [6, 6.07) is 12.9. The van der Waals surface area contributed by atoms with E-state index in [1.54, 1.807) is 19.2 Å². The maximum absolute atomic E-state index is 13.9. The number of ether oxygens (including phenoxy) is 1. The lowest BCUT2D eigenvalue weighted by Crippen LogP contribution is -2.38. The van der Waals surface area contributed by atoms with E-state index in [0.717, 1.165) is 54.5 Å². The van der Waals surface area contributed by atoms with Gasteiger partial charge >= 0.3 is 6.18 Å². The van der Waals surface area contributed by atoms with E-state index in [1.165, 1.54) is 12.5 Å². The number of primary amides is 1. The summed E-state index contributed by atoms with van der Waals surface area (Å²) in [6.07, 6.45) is -0.415. The van der Waals surface area contributed by atoms with Gasteiger partial charge in [-0.2, -0.15) is 13.2 Å². The second-order valence-electron chi connectivity index (χ2n) is 13.6. The average Bonchev–Trinajstić information content (AvgIpc) is 3.47. The molecule has 0 spiro atoms. The third-order valence-corrected chi connectivity index (χ3v) is 10.7. The van der Waals surface area contributed by atoms with Crippen molar-refractivity contribution in [2.75, 3.05) is 13.7 Å². The van der Waals surface area contributed by atoms with Gasteiger partial charge in [0.15, 0.2) is 5.82 Å². The van der Waals surface area contributed by atoms with Crippen molar-refractivity contribution < 1.29 is 27.5 Å². The highest BCUT2D eigenvalue weighted by molar-refractivity contribution is 6.00. The lowest BCUT2D eigenvalue weighted by Gasteiger charge is -2.27. The Hall–Kier alpha value is -4.87. The molecule has 48 heavy (non-hydrogen) atoms. The van der Waals surface area contributed by atoms with Crippen LogP contribution in [0.1, 0.15) is 58.9 Å². The number of aromatic nitrogens is 4. The maximum Gasteiger partial charge on any atom is 0.417 e. The minimum atomic E-state index is -4.76. The Balaban J connectivity index is 1.23. The minimum Gasteiger partial charge on any atom is -0.494 e. The Labute approximate surface area is 274 Å². The number of hydrogen-bond donors (Lipinski definition) is 1. The molecule has 5 aromatic rings. The number of pyridine rings is 1. The van der Waals surface area contributed by atoms with Gasteiger partial charge < -0.3 is 24.5 Å². The summed E-state index contributed by atoms with van der Waals surface area (Å²) in [5.41, 5.74) is 7.49. The number of benzene rings is 2. The van der Waals surface area contributed by atoms with Crippen molar-refractivity contribution in [3.63, 3.8) is 0 Å². The average molecular weight is 657 g/mol. The number of hydrogen-bond acceptors (Lipinski definition) is 5. The molecule has 8 rings (SSSR count). The zero-order valence-corrected chi connectivity index (χ0v) is 26.8. The van der Waals surface area contributed by atoms with Crippen molar-refractivity contribution in [3.05, 3.63) is 65.2 Å². The number of aryl methyl sites for hydroxylation is 1. The van der Waals surface area contributed by atoms with E-state index in [0.29, 0.717) is 58.3 Å². The van der Waals surface area contributed by atoms with E-state index in [4.69, 9.17) is 20.4 Å². The van der Waals surface area contributed by atoms with Crippen LogP contribution >= 0.6 is 0 Å². The van der Waals surface area contributed by atoms with Gasteiger partial charge in [0, 0.05) is 42.7 Å². The van der Waals surface area contributed by atoms with Crippen molar-refractivity contribution in [1.29, 1.82) is 0 Å². The molecule has 9 nitrogen and oxygen atoms in total. The van der Waals surface area contributed by atoms with Crippen molar-refractivity contribution in [2.24, 2.45) is 30.5 Å². The molecule has 3 fully saturated rings. The fourth-order valence-corrected chi connectivity index (χ4v) is 7.90. The SMILES string of the molecule is COc1cc(C(=O)N2CC3CCC2[C@@H]3C)cc2nc(-c3cc4ccc(-c5ccc(C(N)=O)c(C(F)(F)F)c5)nc4n3CC3CC3)n(C)c12. The highest BCUT2D eigenvalue weighted by Crippen LogP contribution is 2.44. The summed E-state index contributed by atoms with van der Waals surface area (Å²) in [4.78, 5) is 37.4. The number of halogens is 3. The largest absolute Gasteiger partial charge is 0.494 e. The summed E-state index contributed by atoms with van der Waals surface area (Å²) < 4.78 is 51.5. The van der Waals surface area contributed by atoms with Crippen molar-refractivity contribution in [3.8, 4) is 28.5 Å². The number of carbonyl (C=O) groups excluding carboxylic acids is 2. The number of piperidine rings is 1. The number of rotatable bonds is 7. The molecule has 2 amide bonds. The first-order chi connectivity index (χ1) is 22.9. The summed E-state index contributed by atoms with van der Waals surface area (Å²) in [5.74, 6) is 1.57. The fourth-order valence-electron chi connectivity index (χ4n) is 7.90. The smallest absolute Gasteiger partial charge is 0.417 e. The minimum absolute atomic E-state index is 0.00132. The molecule has 2 bridgehead atoms. The van der Waals surface area contributed by atoms with Gasteiger partial charge in [-0.3, -0.25) is 9.59 Å². The standard InChI is InChI=1S/C36H35F3N6O3/c1-18-22-8-11-28(18)45(17-22)35(47)23-13-27-31(30(15-23)48-3)43(2)34(42-27)29-14-21-7-10-26(41-33(21)44(29)16-19-4-5-19)20-6-9-24(32(40)46)25(12-20)36(37,38)39/h6-7,9-10,12-15,18-19,22,28H,4-5,8,11,16-17H2,1-3H3,(H2,40,46)/t18-,22?,28?/m1/s1. The molecule has 0 radical (unpaired) electrons. The molecule has 248 valence electrons. The lowest BCUT2D eigenvalue weighted by molar-refractivity contribution is -0.137. The number of carbonyl (C=O) groups is 2. The second kappa shape index (κ2) is 10.8. The predicted octanol–water partition coefficient (Wildman–Crippen LogP) is 6.66. The Morgan fingerprint density at radius 2 is 1.81 bits per heavy atom. The van der Waals surface area contributed by atoms with Gasteiger partial charge in [0.2, 0.25) is 5.91 Å². The second-order valence-corrected chi connectivity index (χ2v) is 13.6. The number of nitrogens with two attached hydrogens (primary N) is 1. The first-order valence-electron chi connectivity index (χ1n) is 16.3. The molecular weight excluding hydrogens is 621 g/mol. The quantitative estimate of drug-likeness (QED) is 0.211. The topological polar surface area (TPSA) is 108 Å². The third kappa shape index (κ3) is 4.83. The van der Waals surface area contributed by atoms with Gasteiger partial charge in [-0.25, -0.2) is 9.97 Å². The van der Waals surface area contributed by atoms with E-state index in [9.17, 15) is 22.8 Å². The van der Waals surface area contributed by atoms with Crippen LogP contribution in [-0.2, 0) is 19.8 Å². The van der Waals surface area contributed by atoms with Crippen molar-refractivity contribution in [2.45, 2.75) is 51.4 Å². The van der Waals surface area contributed by atoms with Crippen LogP contribution in [0.3, 0.4) is 0 Å². The first kappa shape index (κ1) is 30.5. The Bertz CT molecular complexity index is 2150. The number of amides is 2. The number of fused-ring (bicyclic) bond motifs is 4. The molecule has 2 saturated carbocycles. The number of alkyl halides is 3. The monoisotopic (exact) mass is 656 g/mol. The van der Waals surface area contributed by atoms with Crippen LogP contribution in [0, 0.1) is 17.8 Å². The van der Waals surface area contributed by atoms with Crippen LogP contribution in [0.25, 0.3) is 44.8 Å². The fraction of sp³-hybridized carbons (Fsp3) is 0.389. The van der Waals surface area contributed by atoms with Gasteiger partial charge in [-0.05, 0) is 85.9 Å². The Kier molecular flexibility index (Phi) is 6.87. The van der Waals surface area contributed by atoms with Gasteiger partial charge in [-0.15, -0.1) is 0 Å². The number of methoxy groups -OCH3 is 1. The van der Waals surface area contributed by atoms with E-state index in [2.05, 4.69) is 11.5 Å². The summed E-state index contributed by atoms with van der Waals surface area (Å²) in [6.45, 7) is 3.69. The van der Waals surface area contributed by atoms with Gasteiger partial charge in [0.1, 0.15) is 16.9 Å². The van der Waals surface area contributed by atoms with Crippen LogP contribution in [-0.4, -0.2) is 55.5 Å². The van der Waals surface area contributed by atoms with Gasteiger partial charge in [0.05, 0.1) is 35.1 Å². The van der Waals surface area contributed by atoms with E-state index in [-0.39, 0.29) is 17.5 Å². The van der Waals surface area contributed by atoms with E-state index < -0.39 is 23.2 Å². The molecule has 2 N–H and O–H groups in total. The van der Waals surface area contributed by atoms with Crippen LogP contribution in [0.15, 0.2) is 48.5 Å². The van der Waals surface area contributed by atoms with Crippen LogP contribution in [0.4, 0.5) is 13.2 Å². The maximum atomic E-state index is 13.9. The predicted molar refractivity (Wildman–Crippen MR) is 174 cm³/mol. The molecular formula is C36H35F3N6O3. The molecule has 2 aromatic carbocycles. The molecule has 3 aliphatic rings. The summed E-state index contributed by atoms with van der Waals surface area (Å²) in [5, 5.41) is 0.812. The summed E-state index contributed by atoms with van der Waals surface area (Å²) >= 11 is 0. The van der Waals surface area contributed by atoms with E-state index in [1.807, 2.05) is 34.7 Å². The van der Waals surface area contributed by atoms with Gasteiger partial charge in [0.25, 0.3) is 5.91 Å². The Morgan fingerprint density at radius 3 is 2.46 bits per heavy atom. The summed E-state index contributed by atoms with van der Waals surface area (Å²) in [7, 11) is 3.50.